The highest BCUT2D eigenvalue weighted by atomic mass is 19.4. The van der Waals surface area contributed by atoms with Crippen molar-refractivity contribution >= 4 is 22.5 Å². The maximum atomic E-state index is 12.9. The number of amides is 1. The Kier molecular flexibility index (Phi) is 5.08. The second-order valence-electron chi connectivity index (χ2n) is 7.14. The molecule has 2 aromatic heterocycles. The number of nitrogens with zero attached hydrogens (tertiary/aromatic N) is 3. The molecule has 1 amide bonds. The van der Waals surface area contributed by atoms with Crippen LogP contribution in [0.5, 0.6) is 0 Å². The number of alkyl halides is 3. The zero-order valence-corrected chi connectivity index (χ0v) is 15.5. The number of rotatable bonds is 4. The molecule has 1 aliphatic heterocycles. The Hall–Kier alpha value is -3.16. The second kappa shape index (κ2) is 7.69. The minimum Gasteiger partial charge on any atom is -0.368 e. The highest BCUT2D eigenvalue weighted by molar-refractivity contribution is 5.83. The first-order chi connectivity index (χ1) is 13.9. The Morgan fingerprint density at radius 2 is 2.07 bits per heavy atom. The van der Waals surface area contributed by atoms with Crippen molar-refractivity contribution in [2.45, 2.75) is 25.1 Å². The Bertz CT molecular complexity index is 1040. The summed E-state index contributed by atoms with van der Waals surface area (Å²) >= 11 is 0. The third-order valence-corrected chi connectivity index (χ3v) is 5.00. The number of halogens is 3. The average molecular weight is 400 g/mol. The molecule has 0 saturated carbocycles. The number of hydrogen-bond acceptors (Lipinski definition) is 4. The molecular weight excluding hydrogens is 381 g/mol. The van der Waals surface area contributed by atoms with Gasteiger partial charge in [-0.2, -0.15) is 13.2 Å². The van der Waals surface area contributed by atoms with Crippen molar-refractivity contribution in [2.75, 3.05) is 18.0 Å². The number of nitrogens with one attached hydrogen (secondary N) is 1. The monoisotopic (exact) mass is 400 g/mol. The number of benzene rings is 1. The normalized spacial score (nSPS) is 16.9. The zero-order valence-electron chi connectivity index (χ0n) is 15.5. The fraction of sp³-hybridized carbons (Fsp3) is 0.286. The highest BCUT2D eigenvalue weighted by Crippen LogP contribution is 2.31. The van der Waals surface area contributed by atoms with Crippen LogP contribution in [0.15, 0.2) is 55.0 Å². The van der Waals surface area contributed by atoms with Crippen molar-refractivity contribution in [3.63, 3.8) is 0 Å². The number of hydrogen-bond donors (Lipinski definition) is 1. The van der Waals surface area contributed by atoms with Gasteiger partial charge in [-0.15, -0.1) is 0 Å². The zero-order chi connectivity index (χ0) is 20.4. The number of carbonyl (C=O) groups is 1. The van der Waals surface area contributed by atoms with E-state index >= 15 is 0 Å². The molecule has 150 valence electrons. The summed E-state index contributed by atoms with van der Waals surface area (Å²) in [6, 6.07) is 10.5. The molecule has 3 heterocycles. The maximum absolute atomic E-state index is 12.9. The van der Waals surface area contributed by atoms with Gasteiger partial charge >= 0.3 is 6.18 Å². The predicted octanol–water partition coefficient (Wildman–Crippen LogP) is 3.59. The lowest BCUT2D eigenvalue weighted by molar-refractivity contribution is -0.137. The molecule has 1 aromatic carbocycles. The Morgan fingerprint density at radius 3 is 2.90 bits per heavy atom. The van der Waals surface area contributed by atoms with E-state index in [-0.39, 0.29) is 18.4 Å². The fourth-order valence-corrected chi connectivity index (χ4v) is 3.55. The van der Waals surface area contributed by atoms with E-state index in [9.17, 15) is 18.0 Å². The molecule has 29 heavy (non-hydrogen) atoms. The summed E-state index contributed by atoms with van der Waals surface area (Å²) in [6.45, 7) is 1.02. The molecule has 3 aromatic rings. The third kappa shape index (κ3) is 4.47. The van der Waals surface area contributed by atoms with Crippen molar-refractivity contribution in [1.82, 2.24) is 15.3 Å². The second-order valence-corrected chi connectivity index (χ2v) is 7.14. The van der Waals surface area contributed by atoms with E-state index in [1.54, 1.807) is 6.20 Å². The van der Waals surface area contributed by atoms with Gasteiger partial charge < -0.3 is 10.2 Å². The van der Waals surface area contributed by atoms with Gasteiger partial charge in [0, 0.05) is 36.9 Å². The predicted molar refractivity (Wildman–Crippen MR) is 103 cm³/mol. The molecule has 8 heteroatoms. The molecule has 1 fully saturated rings. The van der Waals surface area contributed by atoms with Crippen LogP contribution in [-0.4, -0.2) is 35.0 Å². The van der Waals surface area contributed by atoms with E-state index in [2.05, 4.69) is 15.3 Å². The summed E-state index contributed by atoms with van der Waals surface area (Å²) < 4.78 is 38.7. The summed E-state index contributed by atoms with van der Waals surface area (Å²) in [5, 5.41) is 3.99. The first-order valence-electron chi connectivity index (χ1n) is 9.29. The summed E-state index contributed by atoms with van der Waals surface area (Å²) in [7, 11) is 0. The third-order valence-electron chi connectivity index (χ3n) is 5.00. The quantitative estimate of drug-likeness (QED) is 0.727. The molecule has 1 N–H and O–H groups in total. The van der Waals surface area contributed by atoms with Gasteiger partial charge in [0.15, 0.2) is 0 Å². The first-order valence-corrected chi connectivity index (χ1v) is 9.29. The Morgan fingerprint density at radius 1 is 1.21 bits per heavy atom. The molecule has 1 aliphatic rings. The van der Waals surface area contributed by atoms with Crippen molar-refractivity contribution in [2.24, 2.45) is 0 Å². The van der Waals surface area contributed by atoms with E-state index in [1.165, 1.54) is 6.20 Å². The lowest BCUT2D eigenvalue weighted by Gasteiger charge is -2.20. The first kappa shape index (κ1) is 19.2. The summed E-state index contributed by atoms with van der Waals surface area (Å²) in [6.07, 6.45) is 0.418. The molecule has 1 saturated heterocycles. The van der Waals surface area contributed by atoms with E-state index in [4.69, 9.17) is 0 Å². The number of aromatic nitrogens is 2. The van der Waals surface area contributed by atoms with Gasteiger partial charge in [-0.1, -0.05) is 18.2 Å². The van der Waals surface area contributed by atoms with Crippen LogP contribution < -0.4 is 10.2 Å². The lowest BCUT2D eigenvalue weighted by Crippen LogP contribution is -2.38. The topological polar surface area (TPSA) is 58.1 Å². The molecule has 0 aliphatic carbocycles. The van der Waals surface area contributed by atoms with Gasteiger partial charge in [0.1, 0.15) is 0 Å². The SMILES string of the molecule is O=C(Cc1ccc2cccnc2c1)N[C@@H]1CCN(c2cncc(C(F)(F)F)c2)C1. The lowest BCUT2D eigenvalue weighted by atomic mass is 10.1. The van der Waals surface area contributed by atoms with Crippen molar-refractivity contribution < 1.29 is 18.0 Å². The van der Waals surface area contributed by atoms with Crippen LogP contribution >= 0.6 is 0 Å². The number of fused-ring (bicyclic) bond motifs is 1. The van der Waals surface area contributed by atoms with Gasteiger partial charge in [0.25, 0.3) is 0 Å². The molecule has 0 radical (unpaired) electrons. The van der Waals surface area contributed by atoms with E-state index in [0.717, 1.165) is 28.7 Å². The van der Waals surface area contributed by atoms with Gasteiger partial charge in [-0.3, -0.25) is 14.8 Å². The molecule has 0 spiro atoms. The van der Waals surface area contributed by atoms with Crippen LogP contribution in [0.3, 0.4) is 0 Å². The molecular formula is C21H19F3N4O. The summed E-state index contributed by atoms with van der Waals surface area (Å²) in [5.74, 6) is -0.116. The highest BCUT2D eigenvalue weighted by Gasteiger charge is 2.32. The van der Waals surface area contributed by atoms with Gasteiger partial charge in [-0.05, 0) is 30.2 Å². The standard InChI is InChI=1S/C21H19F3N4O/c22-21(23,24)16-10-18(12-25-11-16)28-7-5-17(13-28)27-20(29)9-14-3-4-15-2-1-6-26-19(15)8-14/h1-4,6,8,10-12,17H,5,7,9,13H2,(H,27,29)/t17-/m1/s1. The van der Waals surface area contributed by atoms with Crippen molar-refractivity contribution in [3.05, 3.63) is 66.1 Å². The minimum absolute atomic E-state index is 0.115. The number of pyridine rings is 2. The number of anilines is 1. The molecule has 0 unspecified atom stereocenters. The minimum atomic E-state index is -4.43. The Balaban J connectivity index is 1.36. The molecule has 5 nitrogen and oxygen atoms in total. The maximum Gasteiger partial charge on any atom is 0.417 e. The molecule has 4 rings (SSSR count). The van der Waals surface area contributed by atoms with Gasteiger partial charge in [0.2, 0.25) is 5.91 Å². The largest absolute Gasteiger partial charge is 0.417 e. The van der Waals surface area contributed by atoms with Gasteiger partial charge in [0.05, 0.1) is 29.4 Å². The van der Waals surface area contributed by atoms with Crippen molar-refractivity contribution in [3.8, 4) is 0 Å². The number of carbonyl (C=O) groups excluding carboxylic acids is 1. The summed E-state index contributed by atoms with van der Waals surface area (Å²) in [5.41, 5.74) is 1.34. The van der Waals surface area contributed by atoms with E-state index in [0.29, 0.717) is 25.2 Å². The van der Waals surface area contributed by atoms with E-state index in [1.807, 2.05) is 35.2 Å². The van der Waals surface area contributed by atoms with Gasteiger partial charge in [-0.25, -0.2) is 0 Å². The van der Waals surface area contributed by atoms with Crippen LogP contribution in [0.4, 0.5) is 18.9 Å². The summed E-state index contributed by atoms with van der Waals surface area (Å²) in [4.78, 5) is 22.2. The molecule has 1 atom stereocenters. The van der Waals surface area contributed by atoms with Crippen LogP contribution in [0.2, 0.25) is 0 Å². The van der Waals surface area contributed by atoms with Crippen molar-refractivity contribution in [1.29, 1.82) is 0 Å². The van der Waals surface area contributed by atoms with Crippen LogP contribution in [0, 0.1) is 0 Å². The van der Waals surface area contributed by atoms with Crippen LogP contribution in [0.25, 0.3) is 10.9 Å². The fourth-order valence-electron chi connectivity index (χ4n) is 3.55. The van der Waals surface area contributed by atoms with Crippen LogP contribution in [-0.2, 0) is 17.4 Å². The average Bonchev–Trinajstić information content (AvgIpc) is 3.15. The smallest absolute Gasteiger partial charge is 0.368 e. The van der Waals surface area contributed by atoms with Crippen LogP contribution in [0.1, 0.15) is 17.5 Å². The Labute approximate surface area is 165 Å². The molecule has 0 bridgehead atoms. The van der Waals surface area contributed by atoms with E-state index < -0.39 is 11.7 Å².